The van der Waals surface area contributed by atoms with Crippen LogP contribution in [0.1, 0.15) is 67.8 Å². The van der Waals surface area contributed by atoms with E-state index in [0.29, 0.717) is 49.0 Å². The molecule has 45 heavy (non-hydrogen) atoms. The van der Waals surface area contributed by atoms with Gasteiger partial charge in [0.1, 0.15) is 29.4 Å². The van der Waals surface area contributed by atoms with Gasteiger partial charge >= 0.3 is 6.01 Å². The summed E-state index contributed by atoms with van der Waals surface area (Å²) in [6.45, 7) is 6.41. The van der Waals surface area contributed by atoms with Gasteiger partial charge in [0, 0.05) is 30.0 Å². The van der Waals surface area contributed by atoms with E-state index in [1.54, 1.807) is 6.92 Å². The maximum Gasteiger partial charge on any atom is 0.321 e. The Labute approximate surface area is 270 Å². The van der Waals surface area contributed by atoms with Gasteiger partial charge in [-0.3, -0.25) is 4.90 Å². The summed E-state index contributed by atoms with van der Waals surface area (Å²) in [4.78, 5) is 23.7. The molecule has 3 N–H and O–H groups in total. The summed E-state index contributed by atoms with van der Waals surface area (Å²) in [5.41, 5.74) is 5.30. The molecule has 1 aliphatic carbocycles. The Hall–Kier alpha value is -3.16. The van der Waals surface area contributed by atoms with E-state index in [4.69, 9.17) is 24.7 Å². The van der Waals surface area contributed by atoms with Crippen molar-refractivity contribution in [3.8, 4) is 23.7 Å². The fourth-order valence-electron chi connectivity index (χ4n) is 7.32. The number of hydrogen-bond acceptors (Lipinski definition) is 14. The molecule has 242 valence electrons. The number of aliphatic hydroxyl groups is 1. The molecule has 0 saturated carbocycles. The van der Waals surface area contributed by atoms with Gasteiger partial charge in [0.05, 0.1) is 36.3 Å². The summed E-state index contributed by atoms with van der Waals surface area (Å²) < 4.78 is 32.1. The van der Waals surface area contributed by atoms with E-state index in [9.17, 15) is 14.8 Å². The number of β-amino-alcohol motifs (C(OH)–C–C–N with tert-alkyl or cyclic N) is 1. The van der Waals surface area contributed by atoms with E-state index in [1.807, 2.05) is 11.8 Å². The quantitative estimate of drug-likeness (QED) is 0.395. The average Bonchev–Trinajstić information content (AvgIpc) is 3.73. The number of rotatable bonds is 6. The van der Waals surface area contributed by atoms with Crippen LogP contribution in [0, 0.1) is 11.3 Å². The lowest BCUT2D eigenvalue weighted by Crippen LogP contribution is -2.44. The lowest BCUT2D eigenvalue weighted by molar-refractivity contribution is -0.0123. The average molecular weight is 662 g/mol. The molecule has 0 spiro atoms. The number of alkyl halides is 1. The van der Waals surface area contributed by atoms with E-state index in [2.05, 4.69) is 31.1 Å². The molecule has 6 heterocycles. The molecule has 3 fully saturated rings. The molecular formula is C29H37ClFN9O4S. The van der Waals surface area contributed by atoms with Crippen LogP contribution < -0.4 is 15.4 Å². The van der Waals surface area contributed by atoms with Crippen LogP contribution in [0.15, 0.2) is 4.52 Å². The Bertz CT molecular complexity index is 1610. The molecule has 3 saturated heterocycles. The predicted octanol–water partition coefficient (Wildman–Crippen LogP) is 3.04. The molecule has 13 nitrogen and oxygen atoms in total. The first-order chi connectivity index (χ1) is 21.1. The first-order valence-corrected chi connectivity index (χ1v) is 15.9. The van der Waals surface area contributed by atoms with Gasteiger partial charge in [0.2, 0.25) is 23.5 Å². The Kier molecular flexibility index (Phi) is 8.40. The van der Waals surface area contributed by atoms with Crippen LogP contribution in [0.2, 0.25) is 0 Å². The zero-order chi connectivity index (χ0) is 30.7. The van der Waals surface area contributed by atoms with Gasteiger partial charge in [-0.1, -0.05) is 5.16 Å². The minimum atomic E-state index is -1.12. The molecule has 0 radical (unpaired) electrons. The second kappa shape index (κ2) is 11.9. The Morgan fingerprint density at radius 1 is 1.18 bits per heavy atom. The monoisotopic (exact) mass is 661 g/mol. The third kappa shape index (κ3) is 5.71. The third-order valence-corrected chi connectivity index (χ3v) is 10.5. The summed E-state index contributed by atoms with van der Waals surface area (Å²) in [5.74, 6) is 0.914. The first-order valence-electron chi connectivity index (χ1n) is 15.1. The molecule has 3 aliphatic heterocycles. The van der Waals surface area contributed by atoms with Crippen molar-refractivity contribution >= 4 is 34.7 Å². The van der Waals surface area contributed by atoms with Gasteiger partial charge in [-0.05, 0) is 52.5 Å². The Balaban J connectivity index is 0.00000357. The third-order valence-electron chi connectivity index (χ3n) is 9.42. The van der Waals surface area contributed by atoms with Crippen LogP contribution >= 0.6 is 23.7 Å². The van der Waals surface area contributed by atoms with Crippen LogP contribution in [-0.4, -0.2) is 98.4 Å². The second-order valence-electron chi connectivity index (χ2n) is 12.9. The number of aryl methyl sites for hydroxylation is 1. The zero-order valence-corrected chi connectivity index (χ0v) is 26.9. The highest BCUT2D eigenvalue weighted by atomic mass is 35.5. The van der Waals surface area contributed by atoms with E-state index < -0.39 is 17.2 Å². The van der Waals surface area contributed by atoms with Crippen molar-refractivity contribution in [2.45, 2.75) is 75.1 Å². The lowest BCUT2D eigenvalue weighted by Gasteiger charge is -2.31. The molecule has 16 heteroatoms. The normalized spacial score (nSPS) is 29.8. The number of thiophene rings is 1. The van der Waals surface area contributed by atoms with E-state index in [0.717, 1.165) is 42.7 Å². The molecule has 0 aromatic carbocycles. The molecular weight excluding hydrogens is 625 g/mol. The molecule has 0 unspecified atom stereocenters. The molecule has 4 aliphatic rings. The highest BCUT2D eigenvalue weighted by Gasteiger charge is 2.49. The minimum absolute atomic E-state index is 0. The Morgan fingerprint density at radius 2 is 2.02 bits per heavy atom. The molecule has 4 atom stereocenters. The van der Waals surface area contributed by atoms with Gasteiger partial charge in [0.15, 0.2) is 0 Å². The Morgan fingerprint density at radius 3 is 2.84 bits per heavy atom. The zero-order valence-electron chi connectivity index (χ0n) is 25.3. The number of hydrogen-bond donors (Lipinski definition) is 2. The van der Waals surface area contributed by atoms with E-state index in [1.165, 1.54) is 11.3 Å². The molecule has 3 aromatic rings. The summed E-state index contributed by atoms with van der Waals surface area (Å²) in [7, 11) is 0. The van der Waals surface area contributed by atoms with Crippen LogP contribution in [0.5, 0.6) is 6.01 Å². The minimum Gasteiger partial charge on any atom is -0.461 e. The molecule has 3 aromatic heterocycles. The number of aromatic nitrogens is 5. The topological polar surface area (TPSA) is 173 Å². The van der Waals surface area contributed by atoms with Gasteiger partial charge in [-0.15, -0.1) is 23.7 Å². The lowest BCUT2D eigenvalue weighted by atomic mass is 9.72. The van der Waals surface area contributed by atoms with Crippen molar-refractivity contribution in [1.82, 2.24) is 30.0 Å². The molecule has 7 rings (SSSR count). The summed E-state index contributed by atoms with van der Waals surface area (Å²) in [5, 5.41) is 25.5. The molecule has 0 bridgehead atoms. The van der Waals surface area contributed by atoms with Crippen molar-refractivity contribution < 1.29 is 23.5 Å². The van der Waals surface area contributed by atoms with E-state index >= 15 is 0 Å². The summed E-state index contributed by atoms with van der Waals surface area (Å²) in [6, 6.07) is 2.33. The number of nitrogens with two attached hydrogens (primary N) is 1. The maximum absolute atomic E-state index is 14.4. The number of ether oxygens (including phenoxy) is 2. The highest BCUT2D eigenvalue weighted by molar-refractivity contribution is 7.16. The number of nitriles is 1. The van der Waals surface area contributed by atoms with Gasteiger partial charge in [0.25, 0.3) is 0 Å². The van der Waals surface area contributed by atoms with Crippen LogP contribution in [0.3, 0.4) is 0 Å². The second-order valence-corrected chi connectivity index (χ2v) is 14.1. The van der Waals surface area contributed by atoms with Crippen LogP contribution in [0.25, 0.3) is 11.6 Å². The molecule has 0 amide bonds. The first kappa shape index (κ1) is 31.8. The van der Waals surface area contributed by atoms with Crippen LogP contribution in [0.4, 0.5) is 15.3 Å². The summed E-state index contributed by atoms with van der Waals surface area (Å²) in [6.07, 6.45) is 3.79. The number of halogens is 2. The van der Waals surface area contributed by atoms with Crippen molar-refractivity contribution in [3.63, 3.8) is 0 Å². The van der Waals surface area contributed by atoms with Crippen molar-refractivity contribution in [2.24, 2.45) is 0 Å². The fourth-order valence-corrected chi connectivity index (χ4v) is 8.51. The number of nitrogens with zero attached hydrogens (tertiary/aromatic N) is 8. The smallest absolute Gasteiger partial charge is 0.321 e. The summed E-state index contributed by atoms with van der Waals surface area (Å²) >= 11 is 1.44. The number of nitrogen functional groups attached to an aromatic ring is 1. The number of fused-ring (bicyclic) bond motifs is 2. The largest absolute Gasteiger partial charge is 0.461 e. The van der Waals surface area contributed by atoms with Crippen molar-refractivity contribution in [2.75, 3.05) is 56.6 Å². The standard InChI is InChI=1S/C29H36FN9O4S.ClH/c1-27(40)14-38(9-10-41-15-27)25-34-22(35-26(36-25)42-16-29-7-4-8-39(29)13-17(30)11-29)23-33-24(43-37-23)28(2)6-3-5-19-20(28)18(12-31)21(32)44-19;/h17,40H,3-11,13-16,32H2,1-2H3;1H/t17-,27-,28+,29+;/m1./s1. The van der Waals surface area contributed by atoms with Crippen LogP contribution in [-0.2, 0) is 16.6 Å². The van der Waals surface area contributed by atoms with Crippen molar-refractivity contribution in [1.29, 1.82) is 5.26 Å². The fraction of sp³-hybridized carbons (Fsp3) is 0.655. The van der Waals surface area contributed by atoms with Gasteiger partial charge in [-0.2, -0.15) is 25.2 Å². The van der Waals surface area contributed by atoms with Gasteiger partial charge < -0.3 is 29.7 Å². The predicted molar refractivity (Wildman–Crippen MR) is 165 cm³/mol. The van der Waals surface area contributed by atoms with Gasteiger partial charge in [-0.25, -0.2) is 4.39 Å². The highest BCUT2D eigenvalue weighted by Crippen LogP contribution is 2.48. The SMILES string of the molecule is C[C@]1(O)COCCN(c2nc(OC[C@@]34CCCN3C[C@H](F)C4)nc(-c3noc([C@@]4(C)CCCc5sc(N)c(C#N)c54)n3)n2)C1.Cl. The maximum atomic E-state index is 14.4. The number of anilines is 2. The van der Waals surface area contributed by atoms with Crippen molar-refractivity contribution in [3.05, 3.63) is 21.9 Å². The van der Waals surface area contributed by atoms with E-state index in [-0.39, 0.29) is 61.3 Å².